The summed E-state index contributed by atoms with van der Waals surface area (Å²) in [7, 11) is 0. The standard InChI is InChI=1S/C61H89F2N7O16/c1-43(2)56(68-52(72)18-23-79-25-27-81-29-31-83-33-35-85-37-38-86-36-34-84-32-30-82-28-26-80-24-21-64-51(71)17-22-70-53(73)15-16-54(70)74)59(77)67-44(3)58(76)65-19-10-20-66-60(78)57(75)55-48(47-39-46(62)13-14-49(47)63)42-69(50(55)40-61(4,5)6)41-45-11-8-7-9-12-45/h7-9,11-16,39,42-44,56-57,75H,10,17-38,40-41H2,1-6H3,(H,64,71)(H,65,76)(H,66,78)(H,67,77)(H,68,72)/t44-,56-,57?/m0/s1. The van der Waals surface area contributed by atoms with Crippen LogP contribution in [-0.2, 0) is 84.4 Å². The zero-order chi connectivity index (χ0) is 62.7. The summed E-state index contributed by atoms with van der Waals surface area (Å²) in [5.74, 6) is -4.99. The van der Waals surface area contributed by atoms with Crippen molar-refractivity contribution in [3.63, 3.8) is 0 Å². The zero-order valence-electron chi connectivity index (χ0n) is 50.6. The van der Waals surface area contributed by atoms with E-state index in [1.165, 1.54) is 19.1 Å². The number of imide groups is 1. The summed E-state index contributed by atoms with van der Waals surface area (Å²) in [6, 6.07) is 10.7. The fraction of sp³-hybridized carbons (Fsp3) is 0.590. The number of hydrogen-bond acceptors (Lipinski definition) is 16. The highest BCUT2D eigenvalue weighted by Crippen LogP contribution is 2.38. The summed E-state index contributed by atoms with van der Waals surface area (Å²) in [6.45, 7) is 17.4. The van der Waals surface area contributed by atoms with Crippen molar-refractivity contribution in [3.05, 3.63) is 95.3 Å². The monoisotopic (exact) mass is 1210 g/mol. The van der Waals surface area contributed by atoms with E-state index in [2.05, 4.69) is 26.6 Å². The van der Waals surface area contributed by atoms with E-state index in [-0.39, 0.29) is 92.6 Å². The molecular formula is C61H89F2N7O16. The van der Waals surface area contributed by atoms with E-state index < -0.39 is 65.3 Å². The molecule has 0 bridgehead atoms. The first-order valence-electron chi connectivity index (χ1n) is 29.2. The van der Waals surface area contributed by atoms with Gasteiger partial charge in [0, 0.05) is 86.3 Å². The molecule has 478 valence electrons. The lowest BCUT2D eigenvalue weighted by atomic mass is 9.87. The molecule has 1 unspecified atom stereocenters. The van der Waals surface area contributed by atoms with Crippen LogP contribution in [0.5, 0.6) is 0 Å². The maximum atomic E-state index is 15.4. The van der Waals surface area contributed by atoms with Gasteiger partial charge in [-0.1, -0.05) is 65.0 Å². The molecule has 2 aromatic carbocycles. The van der Waals surface area contributed by atoms with Crippen molar-refractivity contribution in [1.82, 2.24) is 36.1 Å². The Morgan fingerprint density at radius 2 is 1.09 bits per heavy atom. The SMILES string of the molecule is CC(C)[C@H](NC(=O)CCOCCOCCOCCOCCOCCOCCOCCOCCNC(=O)CCN1C(=O)C=CC1=O)C(=O)N[C@@H](C)C(=O)NCCCNC(=O)C(O)c1c(-c2cc(F)ccc2F)cn(Cc2ccccc2)c1CC(C)(C)C. The van der Waals surface area contributed by atoms with E-state index in [0.29, 0.717) is 111 Å². The van der Waals surface area contributed by atoms with E-state index in [1.54, 1.807) is 20.0 Å². The third-order valence-electron chi connectivity index (χ3n) is 12.9. The van der Waals surface area contributed by atoms with Crippen molar-refractivity contribution in [2.45, 2.75) is 92.0 Å². The Kier molecular flexibility index (Phi) is 33.5. The molecule has 23 nitrogen and oxygen atoms in total. The van der Waals surface area contributed by atoms with Crippen molar-refractivity contribution < 1.29 is 85.3 Å². The fourth-order valence-corrected chi connectivity index (χ4v) is 8.52. The van der Waals surface area contributed by atoms with E-state index in [1.807, 2.05) is 55.7 Å². The molecule has 2 heterocycles. The molecule has 1 aliphatic heterocycles. The normalized spacial score (nSPS) is 13.5. The number of hydrogen-bond donors (Lipinski definition) is 6. The molecule has 4 rings (SSSR count). The van der Waals surface area contributed by atoms with Gasteiger partial charge in [0.1, 0.15) is 23.7 Å². The Hall–Kier alpha value is -6.55. The summed E-state index contributed by atoms with van der Waals surface area (Å²) in [6.07, 6.45) is 2.95. The summed E-state index contributed by atoms with van der Waals surface area (Å²) in [5.41, 5.74) is 1.50. The van der Waals surface area contributed by atoms with Crippen molar-refractivity contribution in [1.29, 1.82) is 0 Å². The summed E-state index contributed by atoms with van der Waals surface area (Å²) in [5, 5.41) is 25.1. The van der Waals surface area contributed by atoms with Gasteiger partial charge in [-0.25, -0.2) is 8.78 Å². The lowest BCUT2D eigenvalue weighted by Gasteiger charge is -2.24. The van der Waals surface area contributed by atoms with E-state index in [4.69, 9.17) is 37.9 Å². The Balaban J connectivity index is 0.970. The number of aliphatic hydroxyl groups excluding tert-OH is 1. The first-order valence-corrected chi connectivity index (χ1v) is 29.2. The fourth-order valence-electron chi connectivity index (χ4n) is 8.52. The number of halogens is 2. The summed E-state index contributed by atoms with van der Waals surface area (Å²) >= 11 is 0. The van der Waals surface area contributed by atoms with E-state index >= 15 is 4.39 Å². The second-order valence-electron chi connectivity index (χ2n) is 21.6. The second kappa shape index (κ2) is 40.0. The van der Waals surface area contributed by atoms with Crippen molar-refractivity contribution in [3.8, 4) is 11.1 Å². The molecule has 0 saturated carbocycles. The molecule has 25 heteroatoms. The highest BCUT2D eigenvalue weighted by Gasteiger charge is 2.32. The Morgan fingerprint density at radius 1 is 0.581 bits per heavy atom. The van der Waals surface area contributed by atoms with Crippen molar-refractivity contribution in [2.24, 2.45) is 11.3 Å². The predicted molar refractivity (Wildman–Crippen MR) is 313 cm³/mol. The van der Waals surface area contributed by atoms with E-state index in [9.17, 15) is 43.1 Å². The van der Waals surface area contributed by atoms with Crippen LogP contribution < -0.4 is 26.6 Å². The number of amides is 7. The number of aliphatic hydroxyl groups is 1. The van der Waals surface area contributed by atoms with Gasteiger partial charge in [-0.05, 0) is 54.9 Å². The quantitative estimate of drug-likeness (QED) is 0.0350. The molecule has 6 N–H and O–H groups in total. The molecule has 3 atom stereocenters. The van der Waals surface area contributed by atoms with Crippen molar-refractivity contribution >= 4 is 41.4 Å². The molecule has 0 aliphatic carbocycles. The summed E-state index contributed by atoms with van der Waals surface area (Å²) in [4.78, 5) is 88.5. The maximum absolute atomic E-state index is 15.4. The molecule has 7 amide bonds. The minimum atomic E-state index is -1.74. The number of ether oxygens (including phenoxy) is 8. The van der Waals surface area contributed by atoms with Crippen LogP contribution in [0.3, 0.4) is 0 Å². The van der Waals surface area contributed by atoms with Crippen LogP contribution in [0.25, 0.3) is 11.1 Å². The largest absolute Gasteiger partial charge is 0.379 e. The molecular weight excluding hydrogens is 1120 g/mol. The number of nitrogens with one attached hydrogen (secondary N) is 5. The van der Waals surface area contributed by atoms with Crippen LogP contribution in [-0.4, -0.2) is 200 Å². The van der Waals surface area contributed by atoms with Gasteiger partial charge in [-0.3, -0.25) is 38.5 Å². The molecule has 0 radical (unpaired) electrons. The minimum absolute atomic E-state index is 0.00633. The molecule has 0 fully saturated rings. The van der Waals surface area contributed by atoms with Gasteiger partial charge in [-0.15, -0.1) is 0 Å². The molecule has 1 aromatic heterocycles. The molecule has 86 heavy (non-hydrogen) atoms. The molecule has 3 aromatic rings. The van der Waals surface area contributed by atoms with Gasteiger partial charge in [0.15, 0.2) is 6.10 Å². The third kappa shape index (κ3) is 27.9. The van der Waals surface area contributed by atoms with Gasteiger partial charge in [0.25, 0.3) is 17.7 Å². The zero-order valence-corrected chi connectivity index (χ0v) is 50.6. The molecule has 1 aliphatic rings. The second-order valence-corrected chi connectivity index (χ2v) is 21.6. The average molecular weight is 1210 g/mol. The number of carbonyl (C=O) groups excluding carboxylic acids is 7. The number of rotatable bonds is 45. The maximum Gasteiger partial charge on any atom is 0.253 e. The number of nitrogens with zero attached hydrogens (tertiary/aromatic N) is 2. The Bertz CT molecular complexity index is 2580. The third-order valence-corrected chi connectivity index (χ3v) is 12.9. The average Bonchev–Trinajstić information content (AvgIpc) is 1.88. The number of carbonyl (C=O) groups is 7. The number of aromatic nitrogens is 1. The number of benzene rings is 2. The first-order chi connectivity index (χ1) is 41.2. The lowest BCUT2D eigenvalue weighted by Crippen LogP contribution is -2.54. The van der Waals surface area contributed by atoms with Crippen LogP contribution in [0.15, 0.2) is 66.9 Å². The van der Waals surface area contributed by atoms with Crippen molar-refractivity contribution in [2.75, 3.05) is 132 Å². The van der Waals surface area contributed by atoms with Gasteiger partial charge >= 0.3 is 0 Å². The van der Waals surface area contributed by atoms with Gasteiger partial charge in [-0.2, -0.15) is 0 Å². The van der Waals surface area contributed by atoms with Crippen LogP contribution in [0.4, 0.5) is 8.78 Å². The van der Waals surface area contributed by atoms with Gasteiger partial charge in [0.05, 0.1) is 106 Å². The molecule has 0 spiro atoms. The van der Waals surface area contributed by atoms with Gasteiger partial charge in [0.2, 0.25) is 23.6 Å². The minimum Gasteiger partial charge on any atom is -0.379 e. The first kappa shape index (κ1) is 71.9. The van der Waals surface area contributed by atoms with Crippen LogP contribution in [0, 0.1) is 23.0 Å². The highest BCUT2D eigenvalue weighted by atomic mass is 19.1. The molecule has 0 saturated heterocycles. The van der Waals surface area contributed by atoms with Crippen LogP contribution >= 0.6 is 0 Å². The van der Waals surface area contributed by atoms with Crippen LogP contribution in [0.2, 0.25) is 0 Å². The van der Waals surface area contributed by atoms with E-state index in [0.717, 1.165) is 28.7 Å². The lowest BCUT2D eigenvalue weighted by molar-refractivity contribution is -0.137. The highest BCUT2D eigenvalue weighted by molar-refractivity contribution is 6.13. The Labute approximate surface area is 502 Å². The Morgan fingerprint density at radius 3 is 1.62 bits per heavy atom. The van der Waals surface area contributed by atoms with Gasteiger partial charge < -0.3 is 74.2 Å². The predicted octanol–water partition coefficient (Wildman–Crippen LogP) is 3.33. The topological polar surface area (TPSA) is 282 Å². The smallest absolute Gasteiger partial charge is 0.253 e. The summed E-state index contributed by atoms with van der Waals surface area (Å²) < 4.78 is 75.7. The van der Waals surface area contributed by atoms with Crippen LogP contribution in [0.1, 0.15) is 83.7 Å².